The molecule has 9 heteroatoms. The predicted octanol–water partition coefficient (Wildman–Crippen LogP) is 4.64. The van der Waals surface area contributed by atoms with Gasteiger partial charge in [0.1, 0.15) is 17.1 Å². The Balaban J connectivity index is 1.63. The van der Waals surface area contributed by atoms with Gasteiger partial charge in [0.05, 0.1) is 29.0 Å². The van der Waals surface area contributed by atoms with E-state index >= 15 is 0 Å². The lowest BCUT2D eigenvalue weighted by Gasteiger charge is -2.25. The van der Waals surface area contributed by atoms with Gasteiger partial charge in [-0.3, -0.25) is 19.7 Å². The number of halogens is 1. The van der Waals surface area contributed by atoms with Crippen molar-refractivity contribution < 1.29 is 23.3 Å². The van der Waals surface area contributed by atoms with Crippen molar-refractivity contribution in [2.45, 2.75) is 12.5 Å². The van der Waals surface area contributed by atoms with Crippen LogP contribution < -0.4 is 10.2 Å². The highest BCUT2D eigenvalue weighted by Crippen LogP contribution is 2.39. The topological polar surface area (TPSA) is 103 Å². The highest BCUT2D eigenvalue weighted by molar-refractivity contribution is 5.99. The minimum atomic E-state index is -0.917. The molecule has 1 amide bonds. The predicted molar refractivity (Wildman–Crippen MR) is 125 cm³/mol. The fourth-order valence-electron chi connectivity index (χ4n) is 4.42. The Morgan fingerprint density at radius 1 is 1.09 bits per heavy atom. The van der Waals surface area contributed by atoms with Gasteiger partial charge in [-0.15, -0.1) is 0 Å². The van der Waals surface area contributed by atoms with Crippen molar-refractivity contribution in [2.24, 2.45) is 0 Å². The molecular weight excluding hydrogens is 455 g/mol. The standard InChI is InChI=1S/C26H19FN2O6/c1-34-19-8-5-15(6-9-19)11-12-28-23(16-3-2-4-18(13-16)29(32)33)22-24(30)20-14-17(27)7-10-21(20)35-25(22)26(28)31/h2-10,13-14,23H,11-12H2,1H3/t23-/m0/s1. The van der Waals surface area contributed by atoms with Crippen LogP contribution in [-0.2, 0) is 6.42 Å². The first-order chi connectivity index (χ1) is 16.9. The molecule has 0 spiro atoms. The Hall–Kier alpha value is -4.53. The van der Waals surface area contributed by atoms with Gasteiger partial charge in [-0.1, -0.05) is 24.3 Å². The number of hydrogen-bond acceptors (Lipinski definition) is 6. The maximum absolute atomic E-state index is 13.9. The van der Waals surface area contributed by atoms with Crippen LogP contribution in [0.25, 0.3) is 11.0 Å². The third kappa shape index (κ3) is 3.90. The SMILES string of the molecule is COc1ccc(CCN2C(=O)c3oc4ccc(F)cc4c(=O)c3[C@@H]2c2cccc([N+](=O)[O-])c2)cc1. The first kappa shape index (κ1) is 22.3. The zero-order valence-corrected chi connectivity index (χ0v) is 18.6. The monoisotopic (exact) mass is 474 g/mol. The van der Waals surface area contributed by atoms with E-state index in [-0.39, 0.29) is 34.5 Å². The number of benzene rings is 3. The summed E-state index contributed by atoms with van der Waals surface area (Å²) in [4.78, 5) is 39.2. The van der Waals surface area contributed by atoms with Gasteiger partial charge in [0.25, 0.3) is 11.6 Å². The Morgan fingerprint density at radius 3 is 2.57 bits per heavy atom. The van der Waals surface area contributed by atoms with Gasteiger partial charge >= 0.3 is 0 Å². The average Bonchev–Trinajstić information content (AvgIpc) is 3.15. The summed E-state index contributed by atoms with van der Waals surface area (Å²) in [5.74, 6) is -0.562. The van der Waals surface area contributed by atoms with E-state index in [1.165, 1.54) is 29.2 Å². The molecule has 1 aliphatic rings. The van der Waals surface area contributed by atoms with Gasteiger partial charge in [0.2, 0.25) is 5.76 Å². The summed E-state index contributed by atoms with van der Waals surface area (Å²) in [6.07, 6.45) is 0.456. The van der Waals surface area contributed by atoms with Gasteiger partial charge < -0.3 is 14.1 Å². The summed E-state index contributed by atoms with van der Waals surface area (Å²) in [7, 11) is 1.57. The van der Waals surface area contributed by atoms with Crippen LogP contribution in [0.5, 0.6) is 5.75 Å². The third-order valence-corrected chi connectivity index (χ3v) is 6.12. The second-order valence-corrected chi connectivity index (χ2v) is 8.17. The van der Waals surface area contributed by atoms with Crippen molar-refractivity contribution in [2.75, 3.05) is 13.7 Å². The van der Waals surface area contributed by atoms with Crippen LogP contribution >= 0.6 is 0 Å². The van der Waals surface area contributed by atoms with Crippen molar-refractivity contribution in [3.8, 4) is 5.75 Å². The number of fused-ring (bicyclic) bond motifs is 2. The van der Waals surface area contributed by atoms with Crippen LogP contribution in [-0.4, -0.2) is 29.4 Å². The number of ether oxygens (including phenoxy) is 1. The number of carbonyl (C=O) groups is 1. The van der Waals surface area contributed by atoms with Crippen molar-refractivity contribution in [3.63, 3.8) is 0 Å². The summed E-state index contributed by atoms with van der Waals surface area (Å²) in [5.41, 5.74) is 0.747. The van der Waals surface area contributed by atoms with Gasteiger partial charge in [-0.05, 0) is 47.9 Å². The van der Waals surface area contributed by atoms with Crippen molar-refractivity contribution in [1.82, 2.24) is 4.90 Å². The largest absolute Gasteiger partial charge is 0.497 e. The molecule has 1 atom stereocenters. The van der Waals surface area contributed by atoms with Gasteiger partial charge in [-0.2, -0.15) is 0 Å². The number of nitro groups is 1. The van der Waals surface area contributed by atoms with Gasteiger partial charge in [-0.25, -0.2) is 4.39 Å². The molecule has 0 N–H and O–H groups in total. The summed E-state index contributed by atoms with van der Waals surface area (Å²) in [5, 5.41) is 11.4. The van der Waals surface area contributed by atoms with Crippen LogP contribution in [0.1, 0.15) is 33.3 Å². The molecule has 0 radical (unpaired) electrons. The lowest BCUT2D eigenvalue weighted by atomic mass is 9.98. The summed E-state index contributed by atoms with van der Waals surface area (Å²) >= 11 is 0. The van der Waals surface area contributed by atoms with E-state index in [0.717, 1.165) is 17.7 Å². The van der Waals surface area contributed by atoms with E-state index in [0.29, 0.717) is 17.7 Å². The lowest BCUT2D eigenvalue weighted by Crippen LogP contribution is -2.31. The lowest BCUT2D eigenvalue weighted by molar-refractivity contribution is -0.384. The van der Waals surface area contributed by atoms with E-state index in [1.807, 2.05) is 12.1 Å². The van der Waals surface area contributed by atoms with E-state index in [1.54, 1.807) is 25.3 Å². The van der Waals surface area contributed by atoms with Gasteiger partial charge in [0.15, 0.2) is 5.43 Å². The van der Waals surface area contributed by atoms with Crippen molar-refractivity contribution in [3.05, 3.63) is 115 Å². The molecule has 3 aromatic carbocycles. The Labute approximate surface area is 198 Å². The fourth-order valence-corrected chi connectivity index (χ4v) is 4.42. The summed E-state index contributed by atoms with van der Waals surface area (Å²) in [6, 6.07) is 15.7. The number of non-ortho nitro benzene ring substituents is 1. The second kappa shape index (κ2) is 8.68. The maximum Gasteiger partial charge on any atom is 0.290 e. The smallest absolute Gasteiger partial charge is 0.290 e. The van der Waals surface area contributed by atoms with Crippen molar-refractivity contribution >= 4 is 22.6 Å². The molecular formula is C26H19FN2O6. The fraction of sp³-hybridized carbons (Fsp3) is 0.154. The number of methoxy groups -OCH3 is 1. The van der Waals surface area contributed by atoms with Gasteiger partial charge in [0, 0.05) is 18.7 Å². The number of rotatable bonds is 6. The van der Waals surface area contributed by atoms with Crippen LogP contribution in [0.3, 0.4) is 0 Å². The number of nitrogens with zero attached hydrogens (tertiary/aromatic N) is 2. The molecule has 1 aliphatic heterocycles. The first-order valence-corrected chi connectivity index (χ1v) is 10.8. The molecule has 35 heavy (non-hydrogen) atoms. The van der Waals surface area contributed by atoms with E-state index in [2.05, 4.69) is 0 Å². The number of carbonyl (C=O) groups excluding carboxylic acids is 1. The number of amides is 1. The minimum absolute atomic E-state index is 0.00369. The molecule has 0 unspecified atom stereocenters. The molecule has 4 aromatic rings. The number of hydrogen-bond donors (Lipinski definition) is 0. The highest BCUT2D eigenvalue weighted by atomic mass is 19.1. The Morgan fingerprint density at radius 2 is 1.86 bits per heavy atom. The highest BCUT2D eigenvalue weighted by Gasteiger charge is 2.42. The molecule has 2 heterocycles. The maximum atomic E-state index is 13.9. The van der Waals surface area contributed by atoms with Crippen LogP contribution in [0.15, 0.2) is 75.9 Å². The third-order valence-electron chi connectivity index (χ3n) is 6.12. The summed E-state index contributed by atoms with van der Waals surface area (Å²) in [6.45, 7) is 0.215. The zero-order valence-electron chi connectivity index (χ0n) is 18.6. The van der Waals surface area contributed by atoms with E-state index < -0.39 is 28.1 Å². The van der Waals surface area contributed by atoms with E-state index in [4.69, 9.17) is 9.15 Å². The molecule has 0 bridgehead atoms. The van der Waals surface area contributed by atoms with Crippen LogP contribution in [0, 0.1) is 15.9 Å². The van der Waals surface area contributed by atoms with E-state index in [9.17, 15) is 24.1 Å². The Kier molecular flexibility index (Phi) is 5.52. The molecule has 8 nitrogen and oxygen atoms in total. The quantitative estimate of drug-likeness (QED) is 0.298. The molecule has 5 rings (SSSR count). The molecule has 0 aliphatic carbocycles. The molecule has 1 aromatic heterocycles. The Bertz CT molecular complexity index is 1530. The molecule has 176 valence electrons. The minimum Gasteiger partial charge on any atom is -0.497 e. The molecule has 0 fully saturated rings. The van der Waals surface area contributed by atoms with Crippen molar-refractivity contribution in [1.29, 1.82) is 0 Å². The first-order valence-electron chi connectivity index (χ1n) is 10.8. The van der Waals surface area contributed by atoms with Crippen LogP contribution in [0.4, 0.5) is 10.1 Å². The normalized spacial score (nSPS) is 14.9. The molecule has 0 saturated carbocycles. The zero-order chi connectivity index (χ0) is 24.7. The summed E-state index contributed by atoms with van der Waals surface area (Å²) < 4.78 is 24.9. The average molecular weight is 474 g/mol. The second-order valence-electron chi connectivity index (χ2n) is 8.17. The van der Waals surface area contributed by atoms with Crippen LogP contribution in [0.2, 0.25) is 0 Å². The molecule has 0 saturated heterocycles. The number of nitro benzene ring substituents is 1.